The highest BCUT2D eigenvalue weighted by Gasteiger charge is 2.35. The summed E-state index contributed by atoms with van der Waals surface area (Å²) in [5.74, 6) is 0. The van der Waals surface area contributed by atoms with Crippen LogP contribution in [0.2, 0.25) is 0 Å². The van der Waals surface area contributed by atoms with E-state index >= 15 is 0 Å². The van der Waals surface area contributed by atoms with Gasteiger partial charge in [0.2, 0.25) is 0 Å². The van der Waals surface area contributed by atoms with Crippen molar-refractivity contribution >= 4 is 49.4 Å². The fourth-order valence-electron chi connectivity index (χ4n) is 7.77. The summed E-state index contributed by atoms with van der Waals surface area (Å²) in [6.45, 7) is 4.71. The van der Waals surface area contributed by atoms with Crippen molar-refractivity contribution in [3.8, 4) is 22.3 Å². The maximum Gasteiger partial charge on any atom is 0.0540 e. The van der Waals surface area contributed by atoms with Gasteiger partial charge in [-0.25, -0.2) is 0 Å². The van der Waals surface area contributed by atoms with Gasteiger partial charge in [-0.15, -0.1) is 0 Å². The SMILES string of the molecule is CC1(C)c2ccccc2-c2ccc(N(c3cccc(-c4cc5ccccc5c5ccccc45)c3)c3cccc4ccccc34)cc21. The second-order valence-corrected chi connectivity index (χ2v) is 13.0. The van der Waals surface area contributed by atoms with Crippen LogP contribution in [-0.2, 0) is 5.41 Å². The third-order valence-corrected chi connectivity index (χ3v) is 10.0. The van der Waals surface area contributed by atoms with Crippen LogP contribution in [0.3, 0.4) is 0 Å². The molecule has 218 valence electrons. The smallest absolute Gasteiger partial charge is 0.0540 e. The average Bonchev–Trinajstić information content (AvgIpc) is 3.34. The first-order valence-electron chi connectivity index (χ1n) is 16.1. The van der Waals surface area contributed by atoms with Crippen LogP contribution in [0, 0.1) is 0 Å². The molecule has 9 rings (SSSR count). The highest BCUT2D eigenvalue weighted by Crippen LogP contribution is 2.51. The monoisotopic (exact) mass is 587 g/mol. The first-order chi connectivity index (χ1) is 22.6. The van der Waals surface area contributed by atoms with Gasteiger partial charge in [0.1, 0.15) is 0 Å². The Morgan fingerprint density at radius 3 is 1.89 bits per heavy atom. The lowest BCUT2D eigenvalue weighted by Crippen LogP contribution is -2.16. The van der Waals surface area contributed by atoms with Crippen molar-refractivity contribution in [1.29, 1.82) is 0 Å². The molecule has 1 nitrogen and oxygen atoms in total. The van der Waals surface area contributed by atoms with E-state index in [1.54, 1.807) is 0 Å². The van der Waals surface area contributed by atoms with Crippen LogP contribution in [0.15, 0.2) is 164 Å². The molecule has 1 heteroatoms. The number of rotatable bonds is 4. The molecule has 0 fully saturated rings. The molecule has 0 N–H and O–H groups in total. The Bertz CT molecular complexity index is 2460. The maximum absolute atomic E-state index is 2.45. The number of anilines is 3. The zero-order valence-corrected chi connectivity index (χ0v) is 26.0. The van der Waals surface area contributed by atoms with Gasteiger partial charge in [-0.05, 0) is 96.7 Å². The summed E-state index contributed by atoms with van der Waals surface area (Å²) in [6.07, 6.45) is 0. The zero-order chi connectivity index (χ0) is 30.8. The summed E-state index contributed by atoms with van der Waals surface area (Å²) < 4.78 is 0. The summed E-state index contributed by atoms with van der Waals surface area (Å²) in [5, 5.41) is 7.56. The minimum Gasteiger partial charge on any atom is -0.310 e. The summed E-state index contributed by atoms with van der Waals surface area (Å²) in [5.41, 5.74) is 11.3. The average molecular weight is 588 g/mol. The Balaban J connectivity index is 1.28. The van der Waals surface area contributed by atoms with Crippen LogP contribution < -0.4 is 4.90 Å². The van der Waals surface area contributed by atoms with Crippen LogP contribution >= 0.6 is 0 Å². The molecule has 0 amide bonds. The van der Waals surface area contributed by atoms with Gasteiger partial charge in [0, 0.05) is 22.2 Å². The van der Waals surface area contributed by atoms with Gasteiger partial charge in [0.15, 0.2) is 0 Å². The van der Waals surface area contributed by atoms with Crippen molar-refractivity contribution in [2.24, 2.45) is 0 Å². The van der Waals surface area contributed by atoms with E-state index in [1.807, 2.05) is 0 Å². The quantitative estimate of drug-likeness (QED) is 0.185. The van der Waals surface area contributed by atoms with E-state index in [2.05, 4.69) is 183 Å². The second kappa shape index (κ2) is 10.2. The van der Waals surface area contributed by atoms with Crippen LogP contribution in [0.1, 0.15) is 25.0 Å². The molecule has 0 saturated carbocycles. The predicted octanol–water partition coefficient (Wildman–Crippen LogP) is 12.6. The molecule has 0 atom stereocenters. The number of hydrogen-bond acceptors (Lipinski definition) is 1. The fraction of sp³-hybridized carbons (Fsp3) is 0.0667. The summed E-state index contributed by atoms with van der Waals surface area (Å²) >= 11 is 0. The number of hydrogen-bond donors (Lipinski definition) is 0. The van der Waals surface area contributed by atoms with Gasteiger partial charge >= 0.3 is 0 Å². The molecular weight excluding hydrogens is 555 g/mol. The lowest BCUT2D eigenvalue weighted by Gasteiger charge is -2.29. The second-order valence-electron chi connectivity index (χ2n) is 13.0. The minimum atomic E-state index is -0.0851. The molecule has 8 aromatic rings. The highest BCUT2D eigenvalue weighted by molar-refractivity contribution is 6.14. The molecule has 8 aromatic carbocycles. The zero-order valence-electron chi connectivity index (χ0n) is 26.0. The Morgan fingerprint density at radius 1 is 0.391 bits per heavy atom. The van der Waals surface area contributed by atoms with Crippen molar-refractivity contribution in [2.75, 3.05) is 4.90 Å². The van der Waals surface area contributed by atoms with Crippen LogP contribution in [0.4, 0.5) is 17.1 Å². The van der Waals surface area contributed by atoms with E-state index < -0.39 is 0 Å². The van der Waals surface area contributed by atoms with Gasteiger partial charge in [0.25, 0.3) is 0 Å². The van der Waals surface area contributed by atoms with E-state index in [4.69, 9.17) is 0 Å². The minimum absolute atomic E-state index is 0.0851. The van der Waals surface area contributed by atoms with E-state index in [0.717, 1.165) is 11.4 Å². The molecular formula is C45H33N. The molecule has 0 saturated heterocycles. The molecule has 1 aliphatic rings. The lowest BCUT2D eigenvalue weighted by atomic mass is 9.82. The van der Waals surface area contributed by atoms with Crippen LogP contribution in [-0.4, -0.2) is 0 Å². The lowest BCUT2D eigenvalue weighted by molar-refractivity contribution is 0.660. The van der Waals surface area contributed by atoms with E-state index in [0.29, 0.717) is 0 Å². The number of nitrogens with zero attached hydrogens (tertiary/aromatic N) is 1. The van der Waals surface area contributed by atoms with Crippen molar-refractivity contribution in [3.63, 3.8) is 0 Å². The summed E-state index contributed by atoms with van der Waals surface area (Å²) in [6, 6.07) is 60.2. The maximum atomic E-state index is 2.45. The molecule has 0 unspecified atom stereocenters. The van der Waals surface area contributed by atoms with Gasteiger partial charge < -0.3 is 4.90 Å². The Kier molecular flexibility index (Phi) is 5.92. The first-order valence-corrected chi connectivity index (χ1v) is 16.1. The van der Waals surface area contributed by atoms with Crippen LogP contribution in [0.25, 0.3) is 54.6 Å². The standard InChI is InChI=1S/C45H33N/c1-45(2)42-23-10-9-22-39(42)40-26-25-34(29-43(40)45)46(44-24-12-15-30-13-3-6-19-36(30)44)33-17-11-16-31(27-33)41-28-32-14-4-5-18-35(32)37-20-7-8-21-38(37)41/h3-29H,1-2H3. The first kappa shape index (κ1) is 26.7. The third-order valence-electron chi connectivity index (χ3n) is 10.0. The molecule has 0 heterocycles. The number of fused-ring (bicyclic) bond motifs is 7. The van der Waals surface area contributed by atoms with Crippen molar-refractivity contribution in [2.45, 2.75) is 19.3 Å². The summed E-state index contributed by atoms with van der Waals surface area (Å²) in [4.78, 5) is 2.45. The normalized spacial score (nSPS) is 13.2. The van der Waals surface area contributed by atoms with Gasteiger partial charge in [-0.3, -0.25) is 0 Å². The molecule has 0 aliphatic heterocycles. The summed E-state index contributed by atoms with van der Waals surface area (Å²) in [7, 11) is 0. The molecule has 0 radical (unpaired) electrons. The van der Waals surface area contributed by atoms with E-state index in [9.17, 15) is 0 Å². The van der Waals surface area contributed by atoms with Gasteiger partial charge in [0.05, 0.1) is 5.69 Å². The van der Waals surface area contributed by atoms with Crippen molar-refractivity contribution < 1.29 is 0 Å². The fourth-order valence-corrected chi connectivity index (χ4v) is 7.77. The molecule has 0 bridgehead atoms. The predicted molar refractivity (Wildman–Crippen MR) is 197 cm³/mol. The van der Waals surface area contributed by atoms with Gasteiger partial charge in [-0.1, -0.05) is 141 Å². The van der Waals surface area contributed by atoms with E-state index in [-0.39, 0.29) is 5.41 Å². The third kappa shape index (κ3) is 4.02. The number of benzene rings is 8. The topological polar surface area (TPSA) is 3.24 Å². The van der Waals surface area contributed by atoms with E-state index in [1.165, 1.54) is 71.4 Å². The molecule has 1 aliphatic carbocycles. The Labute approximate surface area is 270 Å². The highest BCUT2D eigenvalue weighted by atomic mass is 15.1. The van der Waals surface area contributed by atoms with Crippen LogP contribution in [0.5, 0.6) is 0 Å². The largest absolute Gasteiger partial charge is 0.310 e. The molecule has 0 spiro atoms. The molecule has 46 heavy (non-hydrogen) atoms. The van der Waals surface area contributed by atoms with Gasteiger partial charge in [-0.2, -0.15) is 0 Å². The Morgan fingerprint density at radius 2 is 1.02 bits per heavy atom. The Hall–Kier alpha value is -5.66. The van der Waals surface area contributed by atoms with Crippen molar-refractivity contribution in [3.05, 3.63) is 175 Å². The molecule has 0 aromatic heterocycles. The van der Waals surface area contributed by atoms with Crippen molar-refractivity contribution in [1.82, 2.24) is 0 Å².